The van der Waals surface area contributed by atoms with Crippen molar-refractivity contribution in [1.29, 1.82) is 0 Å². The van der Waals surface area contributed by atoms with Crippen molar-refractivity contribution in [3.63, 3.8) is 0 Å². The highest BCUT2D eigenvalue weighted by molar-refractivity contribution is 5.86. The molecular weight excluding hydrogens is 687 g/mol. The summed E-state index contributed by atoms with van der Waals surface area (Å²) in [5.41, 5.74) is 20.4. The third kappa shape index (κ3) is 4.32. The summed E-state index contributed by atoms with van der Waals surface area (Å²) in [6, 6.07) is 52.6. The third-order valence-corrected chi connectivity index (χ3v) is 15.0. The van der Waals surface area contributed by atoms with E-state index in [-0.39, 0.29) is 33.1 Å². The topological polar surface area (TPSA) is 3.24 Å². The third-order valence-electron chi connectivity index (χ3n) is 15.0. The molecule has 0 saturated heterocycles. The minimum Gasteiger partial charge on any atom is -0.328 e. The van der Waals surface area contributed by atoms with Crippen LogP contribution >= 0.6 is 0 Å². The quantitative estimate of drug-likeness (QED) is 0.164. The van der Waals surface area contributed by atoms with Gasteiger partial charge >= 0.3 is 0 Å². The van der Waals surface area contributed by atoms with Gasteiger partial charge in [0.2, 0.25) is 0 Å². The SMILES string of the molecule is CC1C=CC2(C)C3=C1C(C)(c1ccc4c(c1)C(C)(C)c1ccccc1-4)C=CC3(C)N(c1ccc(-c3ccc4c(c3)C(C)(C)c3c#cccc3-4)cc1)c1ccccc12. The van der Waals surface area contributed by atoms with Crippen LogP contribution in [0.3, 0.4) is 0 Å². The van der Waals surface area contributed by atoms with Crippen LogP contribution in [0.2, 0.25) is 0 Å². The van der Waals surface area contributed by atoms with Gasteiger partial charge in [0, 0.05) is 38.6 Å². The number of benzene rings is 5. The molecule has 6 aromatic carbocycles. The van der Waals surface area contributed by atoms with Crippen LogP contribution in [0.5, 0.6) is 0 Å². The van der Waals surface area contributed by atoms with Crippen molar-refractivity contribution in [3.05, 3.63) is 202 Å². The van der Waals surface area contributed by atoms with Crippen LogP contribution in [0.4, 0.5) is 11.4 Å². The Morgan fingerprint density at radius 3 is 2.02 bits per heavy atom. The molecule has 6 aromatic rings. The van der Waals surface area contributed by atoms with E-state index in [1.54, 1.807) is 0 Å². The normalized spacial score (nSPS) is 26.2. The number of hydrogen-bond donors (Lipinski definition) is 0. The molecule has 4 atom stereocenters. The minimum absolute atomic E-state index is 0.0549. The van der Waals surface area contributed by atoms with Crippen molar-refractivity contribution in [2.75, 3.05) is 4.90 Å². The van der Waals surface area contributed by atoms with Crippen LogP contribution in [0.25, 0.3) is 33.4 Å². The molecule has 57 heavy (non-hydrogen) atoms. The molecule has 0 fully saturated rings. The fraction of sp³-hybridized carbons (Fsp3) is 0.250. The summed E-state index contributed by atoms with van der Waals surface area (Å²) in [6.45, 7) is 19.2. The molecule has 1 aliphatic heterocycles. The number of para-hydroxylation sites is 1. The summed E-state index contributed by atoms with van der Waals surface area (Å²) in [5, 5.41) is 0. The number of hydrogen-bond acceptors (Lipinski definition) is 1. The van der Waals surface area contributed by atoms with Crippen molar-refractivity contribution in [2.24, 2.45) is 5.92 Å². The second kappa shape index (κ2) is 11.2. The van der Waals surface area contributed by atoms with Gasteiger partial charge in [-0.15, -0.1) is 0 Å². The molecule has 0 radical (unpaired) electrons. The Bertz CT molecular complexity index is 2810. The zero-order chi connectivity index (χ0) is 39.3. The number of rotatable bonds is 3. The molecule has 1 nitrogen and oxygen atoms in total. The standard InChI is InChI=1S/C56H49N/c1-35-29-30-55(7)46-19-13-14-20-49(46)57(39-25-21-36(22-26-39)37-23-27-42-40-15-9-11-17-44(40)52(2,3)47(42)33-37)56(8)32-31-54(6,50(35)51(55)56)38-24-28-43-41-16-10-12-18-45(41)53(4,5)48(43)34-38/h9-10,12-16,18-35H,1-8H3. The van der Waals surface area contributed by atoms with E-state index in [2.05, 4.69) is 212 Å². The van der Waals surface area contributed by atoms with Gasteiger partial charge in [0.05, 0.1) is 5.54 Å². The Labute approximate surface area is 339 Å². The summed E-state index contributed by atoms with van der Waals surface area (Å²) in [6.07, 6.45) is 10.1. The summed E-state index contributed by atoms with van der Waals surface area (Å²) in [5.74, 6) is 0.279. The first-order chi connectivity index (χ1) is 27.3. The zero-order valence-electron chi connectivity index (χ0n) is 34.4. The van der Waals surface area contributed by atoms with E-state index < -0.39 is 0 Å². The van der Waals surface area contributed by atoms with Crippen LogP contribution in [0, 0.1) is 18.1 Å². The maximum absolute atomic E-state index is 3.43. The van der Waals surface area contributed by atoms with E-state index in [0.29, 0.717) is 0 Å². The molecule has 4 aliphatic carbocycles. The van der Waals surface area contributed by atoms with Gasteiger partial charge in [-0.1, -0.05) is 156 Å². The second-order valence-electron chi connectivity index (χ2n) is 18.9. The van der Waals surface area contributed by atoms with Crippen LogP contribution in [0.1, 0.15) is 88.8 Å². The fourth-order valence-electron chi connectivity index (χ4n) is 12.0. The Kier molecular flexibility index (Phi) is 6.75. The molecule has 0 aromatic heterocycles. The molecular formula is C56H49N. The molecule has 0 amide bonds. The van der Waals surface area contributed by atoms with Gasteiger partial charge in [-0.25, -0.2) is 0 Å². The van der Waals surface area contributed by atoms with Gasteiger partial charge in [-0.3, -0.25) is 0 Å². The van der Waals surface area contributed by atoms with Gasteiger partial charge in [0.1, 0.15) is 0 Å². The first-order valence-corrected chi connectivity index (χ1v) is 20.8. The monoisotopic (exact) mass is 735 g/mol. The average Bonchev–Trinajstić information content (AvgIpc) is 3.59. The molecule has 5 aliphatic rings. The number of allylic oxidation sites excluding steroid dienone is 4. The van der Waals surface area contributed by atoms with Gasteiger partial charge < -0.3 is 4.90 Å². The summed E-state index contributed by atoms with van der Waals surface area (Å²) in [7, 11) is 0. The van der Waals surface area contributed by atoms with Crippen molar-refractivity contribution < 1.29 is 0 Å². The Morgan fingerprint density at radius 1 is 0.544 bits per heavy atom. The van der Waals surface area contributed by atoms with E-state index in [4.69, 9.17) is 0 Å². The van der Waals surface area contributed by atoms with E-state index in [1.807, 2.05) is 6.07 Å². The summed E-state index contributed by atoms with van der Waals surface area (Å²) >= 11 is 0. The lowest BCUT2D eigenvalue weighted by atomic mass is 9.52. The van der Waals surface area contributed by atoms with Crippen molar-refractivity contribution >= 4 is 11.4 Å². The highest BCUT2D eigenvalue weighted by Gasteiger charge is 2.57. The van der Waals surface area contributed by atoms with Crippen molar-refractivity contribution in [2.45, 2.75) is 82.6 Å². The molecule has 11 rings (SSSR count). The van der Waals surface area contributed by atoms with Gasteiger partial charge in [-0.2, -0.15) is 0 Å². The van der Waals surface area contributed by atoms with Crippen molar-refractivity contribution in [3.8, 4) is 33.4 Å². The second-order valence-corrected chi connectivity index (χ2v) is 18.9. The van der Waals surface area contributed by atoms with E-state index in [1.165, 1.54) is 89.3 Å². The zero-order valence-corrected chi connectivity index (χ0v) is 34.4. The molecule has 0 N–H and O–H groups in total. The first-order valence-electron chi connectivity index (χ1n) is 20.8. The lowest BCUT2D eigenvalue weighted by molar-refractivity contribution is 0.440. The predicted octanol–water partition coefficient (Wildman–Crippen LogP) is 13.8. The van der Waals surface area contributed by atoms with E-state index in [0.717, 1.165) is 0 Å². The molecule has 0 spiro atoms. The fourth-order valence-corrected chi connectivity index (χ4v) is 12.0. The number of fused-ring (bicyclic) bond motifs is 8. The predicted molar refractivity (Wildman–Crippen MR) is 237 cm³/mol. The molecule has 4 unspecified atom stereocenters. The molecule has 1 heteroatoms. The lowest BCUT2D eigenvalue weighted by Gasteiger charge is -2.59. The van der Waals surface area contributed by atoms with Crippen LogP contribution in [-0.4, -0.2) is 5.54 Å². The maximum atomic E-state index is 3.43. The summed E-state index contributed by atoms with van der Waals surface area (Å²) < 4.78 is 0. The van der Waals surface area contributed by atoms with Crippen LogP contribution in [0.15, 0.2) is 157 Å². The van der Waals surface area contributed by atoms with Gasteiger partial charge in [-0.05, 0) is 135 Å². The Morgan fingerprint density at radius 2 is 1.21 bits per heavy atom. The average molecular weight is 736 g/mol. The molecule has 1 heterocycles. The maximum Gasteiger partial charge on any atom is 0.0833 e. The lowest BCUT2D eigenvalue weighted by Crippen LogP contribution is -2.58. The Balaban J connectivity index is 1.04. The number of anilines is 2. The summed E-state index contributed by atoms with van der Waals surface area (Å²) in [4.78, 5) is 2.63. The Hall–Kier alpha value is -5.84. The highest BCUT2D eigenvalue weighted by atomic mass is 15.2. The van der Waals surface area contributed by atoms with Gasteiger partial charge in [0.15, 0.2) is 0 Å². The van der Waals surface area contributed by atoms with Crippen LogP contribution < -0.4 is 4.90 Å². The van der Waals surface area contributed by atoms with Crippen molar-refractivity contribution in [1.82, 2.24) is 0 Å². The smallest absolute Gasteiger partial charge is 0.0833 e. The highest BCUT2D eigenvalue weighted by Crippen LogP contribution is 2.63. The largest absolute Gasteiger partial charge is 0.328 e. The van der Waals surface area contributed by atoms with E-state index in [9.17, 15) is 0 Å². The molecule has 0 bridgehead atoms. The first kappa shape index (κ1) is 34.4. The molecule has 278 valence electrons. The van der Waals surface area contributed by atoms with E-state index >= 15 is 0 Å². The minimum atomic E-state index is -0.387. The number of nitrogens with zero attached hydrogens (tertiary/aromatic N) is 1. The van der Waals surface area contributed by atoms with Gasteiger partial charge in [0.25, 0.3) is 0 Å². The van der Waals surface area contributed by atoms with Crippen LogP contribution in [-0.2, 0) is 21.7 Å². The molecule has 0 saturated carbocycles.